The molecule has 0 saturated heterocycles. The minimum absolute atomic E-state index is 0.0652. The number of halogens is 3. The van der Waals surface area contributed by atoms with Gasteiger partial charge in [-0.05, 0) is 18.2 Å². The summed E-state index contributed by atoms with van der Waals surface area (Å²) in [5, 5.41) is 13.7. The van der Waals surface area contributed by atoms with E-state index in [1.165, 1.54) is 17.5 Å². The summed E-state index contributed by atoms with van der Waals surface area (Å²) < 4.78 is 37.6. The Hall–Kier alpha value is -2.09. The van der Waals surface area contributed by atoms with Crippen LogP contribution in [0.4, 0.5) is 24.0 Å². The van der Waals surface area contributed by atoms with Gasteiger partial charge >= 0.3 is 12.1 Å². The number of nitrogens with one attached hydrogen (secondary N) is 1. The largest absolute Gasteiger partial charge is 0.478 e. The Labute approximate surface area is 109 Å². The molecule has 1 aromatic carbocycles. The molecule has 0 amide bonds. The van der Waals surface area contributed by atoms with Gasteiger partial charge in [0.2, 0.25) is 0 Å². The third-order valence-corrected chi connectivity index (χ3v) is 2.94. The lowest BCUT2D eigenvalue weighted by molar-refractivity contribution is -0.137. The molecule has 0 fully saturated rings. The van der Waals surface area contributed by atoms with Gasteiger partial charge in [-0.25, -0.2) is 9.78 Å². The Kier molecular flexibility index (Phi) is 3.43. The average molecular weight is 288 g/mol. The molecular formula is C11H7F3N2O2S. The highest BCUT2D eigenvalue weighted by atomic mass is 32.1. The second kappa shape index (κ2) is 4.88. The summed E-state index contributed by atoms with van der Waals surface area (Å²) in [6.45, 7) is 0. The molecule has 2 rings (SSSR count). The fourth-order valence-corrected chi connectivity index (χ4v) is 1.95. The lowest BCUT2D eigenvalue weighted by Gasteiger charge is -2.11. The van der Waals surface area contributed by atoms with Crippen molar-refractivity contribution in [1.29, 1.82) is 0 Å². The van der Waals surface area contributed by atoms with Crippen LogP contribution in [0, 0.1) is 0 Å². The second-order valence-corrected chi connectivity index (χ2v) is 4.42. The lowest BCUT2D eigenvalue weighted by Crippen LogP contribution is -2.09. The summed E-state index contributed by atoms with van der Waals surface area (Å²) in [5.74, 6) is -1.44. The third-order valence-electron chi connectivity index (χ3n) is 2.25. The van der Waals surface area contributed by atoms with Crippen LogP contribution in [0.15, 0.2) is 29.8 Å². The number of carboxylic acid groups (broad SMARTS) is 1. The monoisotopic (exact) mass is 288 g/mol. The zero-order chi connectivity index (χ0) is 14.0. The minimum atomic E-state index is -4.58. The molecule has 19 heavy (non-hydrogen) atoms. The highest BCUT2D eigenvalue weighted by molar-refractivity contribution is 7.13. The maximum Gasteiger partial charge on any atom is 0.416 e. The van der Waals surface area contributed by atoms with E-state index < -0.39 is 23.3 Å². The first kappa shape index (κ1) is 13.3. The van der Waals surface area contributed by atoms with Crippen molar-refractivity contribution >= 4 is 28.1 Å². The van der Waals surface area contributed by atoms with E-state index in [0.29, 0.717) is 11.2 Å². The summed E-state index contributed by atoms with van der Waals surface area (Å²) >= 11 is 1.21. The van der Waals surface area contributed by atoms with Crippen LogP contribution in [-0.4, -0.2) is 16.1 Å². The molecule has 0 bridgehead atoms. The Balaban J connectivity index is 2.41. The maximum atomic E-state index is 12.5. The van der Waals surface area contributed by atoms with Crippen LogP contribution in [0.2, 0.25) is 0 Å². The van der Waals surface area contributed by atoms with Crippen LogP contribution in [0.5, 0.6) is 0 Å². The van der Waals surface area contributed by atoms with Crippen molar-refractivity contribution in [2.24, 2.45) is 0 Å². The number of carbonyl (C=O) groups is 1. The van der Waals surface area contributed by atoms with Gasteiger partial charge in [0, 0.05) is 11.6 Å². The zero-order valence-electron chi connectivity index (χ0n) is 9.23. The molecule has 2 aromatic rings. The molecule has 100 valence electrons. The molecule has 0 atom stereocenters. The van der Waals surface area contributed by atoms with Gasteiger partial charge in [0.15, 0.2) is 5.13 Å². The number of rotatable bonds is 3. The summed E-state index contributed by atoms with van der Waals surface area (Å²) in [5.41, 5.74) is -1.39. The van der Waals surface area contributed by atoms with Crippen LogP contribution in [-0.2, 0) is 6.18 Å². The molecule has 2 N–H and O–H groups in total. The molecule has 1 heterocycles. The molecule has 0 unspecified atom stereocenters. The highest BCUT2D eigenvalue weighted by Gasteiger charge is 2.31. The zero-order valence-corrected chi connectivity index (χ0v) is 10.0. The number of aromatic carboxylic acids is 1. The van der Waals surface area contributed by atoms with Crippen molar-refractivity contribution in [3.05, 3.63) is 40.9 Å². The quantitative estimate of drug-likeness (QED) is 0.905. The fourth-order valence-electron chi connectivity index (χ4n) is 1.41. The number of carboxylic acids is 1. The van der Waals surface area contributed by atoms with E-state index in [9.17, 15) is 18.0 Å². The van der Waals surface area contributed by atoms with Crippen LogP contribution in [0.25, 0.3) is 0 Å². The number of benzene rings is 1. The van der Waals surface area contributed by atoms with E-state index in [-0.39, 0.29) is 5.69 Å². The Morgan fingerprint density at radius 3 is 2.63 bits per heavy atom. The number of alkyl halides is 3. The predicted molar refractivity (Wildman–Crippen MR) is 63.8 cm³/mol. The summed E-state index contributed by atoms with van der Waals surface area (Å²) in [6.07, 6.45) is -3.08. The number of anilines is 2. The minimum Gasteiger partial charge on any atom is -0.478 e. The normalized spacial score (nSPS) is 11.3. The fraction of sp³-hybridized carbons (Fsp3) is 0.0909. The standard InChI is InChI=1S/C11H7F3N2O2S/c12-11(13,14)6-1-2-8(7(5-6)9(17)18)16-10-15-3-4-19-10/h1-5H,(H,15,16)(H,17,18). The van der Waals surface area contributed by atoms with Crippen molar-refractivity contribution in [2.45, 2.75) is 6.18 Å². The summed E-state index contributed by atoms with van der Waals surface area (Å²) in [4.78, 5) is 14.9. The molecular weight excluding hydrogens is 281 g/mol. The molecule has 0 aliphatic rings. The number of thiazole rings is 1. The van der Waals surface area contributed by atoms with Gasteiger partial charge in [-0.15, -0.1) is 11.3 Å². The smallest absolute Gasteiger partial charge is 0.416 e. The molecule has 0 spiro atoms. The van der Waals surface area contributed by atoms with Crippen molar-refractivity contribution in [3.8, 4) is 0 Å². The average Bonchev–Trinajstić information content (AvgIpc) is 2.80. The number of aromatic nitrogens is 1. The van der Waals surface area contributed by atoms with E-state index in [4.69, 9.17) is 5.11 Å². The topological polar surface area (TPSA) is 62.2 Å². The Morgan fingerprint density at radius 1 is 1.37 bits per heavy atom. The van der Waals surface area contributed by atoms with Crippen molar-refractivity contribution in [3.63, 3.8) is 0 Å². The summed E-state index contributed by atoms with van der Waals surface area (Å²) in [7, 11) is 0. The Morgan fingerprint density at radius 2 is 2.11 bits per heavy atom. The number of nitrogens with zero attached hydrogens (tertiary/aromatic N) is 1. The molecule has 0 aliphatic heterocycles. The van der Waals surface area contributed by atoms with Gasteiger partial charge < -0.3 is 10.4 Å². The van der Waals surface area contributed by atoms with Crippen LogP contribution in [0.1, 0.15) is 15.9 Å². The second-order valence-electron chi connectivity index (χ2n) is 3.53. The first-order valence-corrected chi connectivity index (χ1v) is 5.87. The van der Waals surface area contributed by atoms with Crippen LogP contribution < -0.4 is 5.32 Å². The molecule has 1 aromatic heterocycles. The molecule has 8 heteroatoms. The van der Waals surface area contributed by atoms with Gasteiger partial charge in [0.25, 0.3) is 0 Å². The van der Waals surface area contributed by atoms with Gasteiger partial charge in [0.1, 0.15) is 0 Å². The highest BCUT2D eigenvalue weighted by Crippen LogP contribution is 2.32. The SMILES string of the molecule is O=C(O)c1cc(C(F)(F)F)ccc1Nc1nccs1. The summed E-state index contributed by atoms with van der Waals surface area (Å²) in [6, 6.07) is 2.49. The van der Waals surface area contributed by atoms with Gasteiger partial charge in [0.05, 0.1) is 16.8 Å². The number of hydrogen-bond donors (Lipinski definition) is 2. The molecule has 0 aliphatic carbocycles. The van der Waals surface area contributed by atoms with Gasteiger partial charge in [-0.3, -0.25) is 0 Å². The number of hydrogen-bond acceptors (Lipinski definition) is 4. The van der Waals surface area contributed by atoms with E-state index >= 15 is 0 Å². The maximum absolute atomic E-state index is 12.5. The van der Waals surface area contributed by atoms with E-state index in [2.05, 4.69) is 10.3 Å². The van der Waals surface area contributed by atoms with E-state index in [1.807, 2.05) is 0 Å². The van der Waals surface area contributed by atoms with E-state index in [1.54, 1.807) is 5.38 Å². The van der Waals surface area contributed by atoms with Gasteiger partial charge in [-0.2, -0.15) is 13.2 Å². The first-order chi connectivity index (χ1) is 8.88. The third kappa shape index (κ3) is 3.02. The van der Waals surface area contributed by atoms with E-state index in [0.717, 1.165) is 12.1 Å². The van der Waals surface area contributed by atoms with Crippen LogP contribution >= 0.6 is 11.3 Å². The predicted octanol–water partition coefficient (Wildman–Crippen LogP) is 3.60. The van der Waals surface area contributed by atoms with Crippen molar-refractivity contribution < 1.29 is 23.1 Å². The molecule has 4 nitrogen and oxygen atoms in total. The van der Waals surface area contributed by atoms with Crippen molar-refractivity contribution in [1.82, 2.24) is 4.98 Å². The lowest BCUT2D eigenvalue weighted by atomic mass is 10.1. The Bertz CT molecular complexity index is 596. The molecule has 0 radical (unpaired) electrons. The molecule has 0 saturated carbocycles. The first-order valence-electron chi connectivity index (χ1n) is 4.99. The van der Waals surface area contributed by atoms with Crippen LogP contribution in [0.3, 0.4) is 0 Å². The van der Waals surface area contributed by atoms with Gasteiger partial charge in [-0.1, -0.05) is 0 Å². The van der Waals surface area contributed by atoms with Crippen molar-refractivity contribution in [2.75, 3.05) is 5.32 Å².